The molecule has 2 atom stereocenters. The van der Waals surface area contributed by atoms with Crippen molar-refractivity contribution in [1.82, 2.24) is 4.67 Å². The standard InChI is InChI=1S/C9H18NO4PS/c1-9(2)13-7-5-11-15(16,10(3)4)12-6-8(7)14-9/h7-8H,5-6H2,1-4H3. The predicted molar refractivity (Wildman–Crippen MR) is 63.7 cm³/mol. The minimum Gasteiger partial charge on any atom is -0.342 e. The van der Waals surface area contributed by atoms with Gasteiger partial charge in [-0.05, 0) is 39.7 Å². The summed E-state index contributed by atoms with van der Waals surface area (Å²) >= 11 is 5.38. The van der Waals surface area contributed by atoms with E-state index in [9.17, 15) is 0 Å². The molecule has 7 heteroatoms. The van der Waals surface area contributed by atoms with Crippen molar-refractivity contribution in [2.45, 2.75) is 31.8 Å². The summed E-state index contributed by atoms with van der Waals surface area (Å²) in [6.45, 7) is 2.34. The van der Waals surface area contributed by atoms with E-state index in [-0.39, 0.29) is 12.2 Å². The first-order valence-electron chi connectivity index (χ1n) is 5.25. The Hall–Kier alpha value is 0.450. The predicted octanol–water partition coefficient (Wildman–Crippen LogP) is 1.34. The second-order valence-corrected chi connectivity index (χ2v) is 8.26. The van der Waals surface area contributed by atoms with E-state index in [1.54, 1.807) is 0 Å². The maximum atomic E-state index is 5.73. The van der Waals surface area contributed by atoms with Crippen LogP contribution in [-0.4, -0.2) is 50.0 Å². The van der Waals surface area contributed by atoms with E-state index in [4.69, 9.17) is 30.3 Å². The lowest BCUT2D eigenvalue weighted by molar-refractivity contribution is -0.152. The second kappa shape index (κ2) is 4.28. The van der Waals surface area contributed by atoms with Crippen LogP contribution in [0.2, 0.25) is 0 Å². The number of ether oxygens (including phenoxy) is 2. The summed E-state index contributed by atoms with van der Waals surface area (Å²) in [5.74, 6) is -0.555. The summed E-state index contributed by atoms with van der Waals surface area (Å²) in [7, 11) is 3.74. The third-order valence-electron chi connectivity index (χ3n) is 2.58. The normalized spacial score (nSPS) is 43.1. The van der Waals surface area contributed by atoms with Crippen molar-refractivity contribution in [2.24, 2.45) is 0 Å². The molecule has 0 aromatic rings. The molecule has 0 bridgehead atoms. The molecule has 2 aliphatic heterocycles. The topological polar surface area (TPSA) is 40.2 Å². The fourth-order valence-electron chi connectivity index (χ4n) is 1.79. The molecule has 2 heterocycles. The lowest BCUT2D eigenvalue weighted by Crippen LogP contribution is -2.27. The van der Waals surface area contributed by atoms with Crippen molar-refractivity contribution in [3.8, 4) is 0 Å². The van der Waals surface area contributed by atoms with Gasteiger partial charge in [0.1, 0.15) is 12.2 Å². The maximum Gasteiger partial charge on any atom is 0.263 e. The maximum absolute atomic E-state index is 5.73. The molecule has 0 N–H and O–H groups in total. The van der Waals surface area contributed by atoms with Gasteiger partial charge in [0.25, 0.3) is 6.64 Å². The van der Waals surface area contributed by atoms with Crippen LogP contribution in [0.25, 0.3) is 0 Å². The molecule has 2 unspecified atom stereocenters. The molecule has 0 saturated carbocycles. The van der Waals surface area contributed by atoms with E-state index < -0.39 is 12.4 Å². The van der Waals surface area contributed by atoms with E-state index in [2.05, 4.69) is 0 Å². The monoisotopic (exact) mass is 267 g/mol. The Kier molecular flexibility index (Phi) is 3.45. The minimum absolute atomic E-state index is 0.0835. The Labute approximate surface area is 101 Å². The summed E-state index contributed by atoms with van der Waals surface area (Å²) in [4.78, 5) is 0. The van der Waals surface area contributed by atoms with Gasteiger partial charge in [0, 0.05) is 0 Å². The van der Waals surface area contributed by atoms with Crippen LogP contribution in [0.15, 0.2) is 0 Å². The Balaban J connectivity index is 2.07. The molecule has 0 aromatic carbocycles. The first-order valence-corrected chi connectivity index (χ1v) is 7.84. The molecular formula is C9H18NO4PS. The van der Waals surface area contributed by atoms with Gasteiger partial charge in [-0.1, -0.05) is 0 Å². The molecular weight excluding hydrogens is 249 g/mol. The zero-order valence-electron chi connectivity index (χ0n) is 10.0. The second-order valence-electron chi connectivity index (χ2n) is 4.62. The SMILES string of the molecule is CN(C)P1(=S)OCC2OC(C)(C)OC2CO1. The summed E-state index contributed by atoms with van der Waals surface area (Å²) in [5.41, 5.74) is 0. The van der Waals surface area contributed by atoms with Gasteiger partial charge in [0.2, 0.25) is 0 Å². The number of fused-ring (bicyclic) bond motifs is 1. The highest BCUT2D eigenvalue weighted by Crippen LogP contribution is 2.53. The molecule has 0 amide bonds. The first kappa shape index (κ1) is 12.9. The van der Waals surface area contributed by atoms with Crippen LogP contribution in [0.3, 0.4) is 0 Å². The lowest BCUT2D eigenvalue weighted by atomic mass is 10.2. The minimum atomic E-state index is -2.32. The van der Waals surface area contributed by atoms with Gasteiger partial charge in [0.05, 0.1) is 13.2 Å². The van der Waals surface area contributed by atoms with E-state index >= 15 is 0 Å². The summed E-state index contributed by atoms with van der Waals surface area (Å²) in [6, 6.07) is 0. The van der Waals surface area contributed by atoms with Gasteiger partial charge in [-0.2, -0.15) is 0 Å². The highest BCUT2D eigenvalue weighted by Gasteiger charge is 2.45. The molecule has 2 aliphatic rings. The van der Waals surface area contributed by atoms with Gasteiger partial charge in [0.15, 0.2) is 5.79 Å². The number of hydrogen-bond acceptors (Lipinski definition) is 5. The molecule has 2 saturated heterocycles. The zero-order valence-corrected chi connectivity index (χ0v) is 11.7. The summed E-state index contributed by atoms with van der Waals surface area (Å²) in [6.07, 6.45) is -0.167. The van der Waals surface area contributed by atoms with Crippen molar-refractivity contribution in [1.29, 1.82) is 0 Å². The third kappa shape index (κ3) is 2.48. The number of hydrogen-bond donors (Lipinski definition) is 0. The average Bonchev–Trinajstić information content (AvgIpc) is 2.38. The fourth-order valence-corrected chi connectivity index (χ4v) is 3.37. The van der Waals surface area contributed by atoms with Gasteiger partial charge in [-0.3, -0.25) is 0 Å². The molecule has 0 aromatic heterocycles. The average molecular weight is 267 g/mol. The van der Waals surface area contributed by atoms with Crippen molar-refractivity contribution in [2.75, 3.05) is 27.3 Å². The van der Waals surface area contributed by atoms with E-state index in [1.807, 2.05) is 32.6 Å². The van der Waals surface area contributed by atoms with Crippen LogP contribution in [0.5, 0.6) is 0 Å². The number of nitrogens with zero attached hydrogens (tertiary/aromatic N) is 1. The Morgan fingerprint density at radius 3 is 1.94 bits per heavy atom. The zero-order chi connectivity index (χ0) is 12.0. The van der Waals surface area contributed by atoms with E-state index in [0.29, 0.717) is 13.2 Å². The summed E-state index contributed by atoms with van der Waals surface area (Å²) in [5, 5.41) is 0. The van der Waals surface area contributed by atoms with Gasteiger partial charge in [-0.15, -0.1) is 0 Å². The molecule has 16 heavy (non-hydrogen) atoms. The van der Waals surface area contributed by atoms with Gasteiger partial charge >= 0.3 is 0 Å². The van der Waals surface area contributed by atoms with Crippen LogP contribution in [0.1, 0.15) is 13.8 Å². The van der Waals surface area contributed by atoms with Crippen molar-refractivity contribution < 1.29 is 18.5 Å². The molecule has 0 spiro atoms. The molecule has 2 fully saturated rings. The van der Waals surface area contributed by atoms with Gasteiger partial charge in [-0.25, -0.2) is 4.67 Å². The smallest absolute Gasteiger partial charge is 0.263 e. The van der Waals surface area contributed by atoms with Crippen molar-refractivity contribution in [3.05, 3.63) is 0 Å². The van der Waals surface area contributed by atoms with Crippen LogP contribution < -0.4 is 0 Å². The van der Waals surface area contributed by atoms with Crippen LogP contribution in [0.4, 0.5) is 0 Å². The van der Waals surface area contributed by atoms with E-state index in [0.717, 1.165) is 0 Å². The largest absolute Gasteiger partial charge is 0.342 e. The molecule has 94 valence electrons. The highest BCUT2D eigenvalue weighted by molar-refractivity contribution is 8.08. The Morgan fingerprint density at radius 1 is 1.12 bits per heavy atom. The first-order chi connectivity index (χ1) is 7.32. The lowest BCUT2D eigenvalue weighted by Gasteiger charge is -2.27. The quantitative estimate of drug-likeness (QED) is 0.668. The van der Waals surface area contributed by atoms with Crippen LogP contribution in [0, 0.1) is 0 Å². The van der Waals surface area contributed by atoms with Gasteiger partial charge < -0.3 is 18.5 Å². The number of rotatable bonds is 1. The molecule has 5 nitrogen and oxygen atoms in total. The Bertz CT molecular complexity index is 301. The van der Waals surface area contributed by atoms with Crippen molar-refractivity contribution in [3.63, 3.8) is 0 Å². The molecule has 2 rings (SSSR count). The summed E-state index contributed by atoms with van der Waals surface area (Å²) < 4.78 is 24.7. The third-order valence-corrected chi connectivity index (χ3v) is 6.12. The van der Waals surface area contributed by atoms with Crippen molar-refractivity contribution >= 4 is 18.4 Å². The Morgan fingerprint density at radius 2 is 1.56 bits per heavy atom. The fraction of sp³-hybridized carbons (Fsp3) is 1.00. The molecule has 0 aliphatic carbocycles. The van der Waals surface area contributed by atoms with Crippen LogP contribution >= 0.6 is 6.64 Å². The molecule has 0 radical (unpaired) electrons. The van der Waals surface area contributed by atoms with E-state index in [1.165, 1.54) is 0 Å². The van der Waals surface area contributed by atoms with Crippen LogP contribution in [-0.2, 0) is 30.3 Å². The highest BCUT2D eigenvalue weighted by atomic mass is 32.5.